The summed E-state index contributed by atoms with van der Waals surface area (Å²) in [6, 6.07) is 24.0. The van der Waals surface area contributed by atoms with Gasteiger partial charge in [0, 0.05) is 0 Å². The fraction of sp³-hybridized carbons (Fsp3) is 0. The number of aliphatic imine (C=N–C) groups is 4. The van der Waals surface area contributed by atoms with Crippen LogP contribution >= 0.6 is 0 Å². The first-order valence-electron chi connectivity index (χ1n) is 16.2. The van der Waals surface area contributed by atoms with E-state index in [1.807, 2.05) is 24.3 Å². The van der Waals surface area contributed by atoms with Gasteiger partial charge in [-0.05, 0) is 105 Å². The summed E-state index contributed by atoms with van der Waals surface area (Å²) in [4.78, 5) is 19.5. The second-order valence-electron chi connectivity index (χ2n) is 13.2. The predicted molar refractivity (Wildman–Crippen MR) is 198 cm³/mol. The minimum atomic E-state index is -4.75. The van der Waals surface area contributed by atoms with Crippen molar-refractivity contribution in [2.75, 3.05) is 0 Å². The topological polar surface area (TPSA) is 219 Å². The van der Waals surface area contributed by atoms with E-state index in [0.717, 1.165) is 5.39 Å². The Balaban J connectivity index is 1.21. The van der Waals surface area contributed by atoms with Gasteiger partial charge < -0.3 is 17.8 Å². The van der Waals surface area contributed by atoms with Gasteiger partial charge >= 0.3 is 7.55 Å². The molecular weight excluding hydrogens is 767 g/mol. The number of rotatable bonds is 4. The Hall–Kier alpha value is -6.09. The monoisotopic (exact) mass is 782 g/mol. The van der Waals surface area contributed by atoms with E-state index >= 15 is 0 Å². The quantitative estimate of drug-likeness (QED) is 0.146. The predicted octanol–water partition coefficient (Wildman–Crippen LogP) is 2.63. The summed E-state index contributed by atoms with van der Waals surface area (Å²) in [5.74, 6) is 2.50. The lowest BCUT2D eigenvalue weighted by Crippen LogP contribution is -2.42. The minimum absolute atomic E-state index is 0.114. The highest BCUT2D eigenvalue weighted by Gasteiger charge is 2.48. The number of amidine groups is 6. The van der Waals surface area contributed by atoms with Crippen LogP contribution in [-0.2, 0) is 31.6 Å². The van der Waals surface area contributed by atoms with E-state index in [0.29, 0.717) is 89.5 Å². The minimum Gasteiger partial charge on any atom is -0.744 e. The molecule has 5 heterocycles. The number of hydrogen-bond donors (Lipinski definition) is 0. The van der Waals surface area contributed by atoms with E-state index < -0.39 is 31.6 Å². The van der Waals surface area contributed by atoms with Gasteiger partial charge in [0.1, 0.15) is 37.3 Å². The number of nitrogens with zero attached hydrogens (tertiary/aromatic N) is 6. The van der Waals surface area contributed by atoms with Crippen molar-refractivity contribution in [3.05, 3.63) is 124 Å². The molecule has 0 N–H and O–H groups in total. The van der Waals surface area contributed by atoms with Gasteiger partial charge in [-0.25, -0.2) is 30.0 Å². The summed E-state index contributed by atoms with van der Waals surface area (Å²) in [5, 5.41) is 3.66. The first-order valence-corrected chi connectivity index (χ1v) is 20.1. The molecule has 265 valence electrons. The van der Waals surface area contributed by atoms with Gasteiger partial charge in [-0.2, -0.15) is 4.99 Å². The van der Waals surface area contributed by atoms with Crippen LogP contribution in [0.5, 0.6) is 5.75 Å². The molecule has 6 aromatic rings. The first kappa shape index (κ1) is 32.4. The van der Waals surface area contributed by atoms with Crippen LogP contribution in [-0.4, -0.2) is 86.2 Å². The van der Waals surface area contributed by atoms with Gasteiger partial charge in [0.2, 0.25) is 11.7 Å². The average Bonchev–Trinajstić information content (AvgIpc) is 3.73. The number of benzene rings is 6. The lowest BCUT2D eigenvalue weighted by atomic mass is 10.00. The molecule has 6 aromatic carbocycles. The third-order valence-corrected chi connectivity index (χ3v) is 12.0. The maximum Gasteiger partial charge on any atom is 0.607 e. The molecule has 0 fully saturated rings. The zero-order chi connectivity index (χ0) is 37.7. The molecule has 55 heavy (non-hydrogen) atoms. The molecule has 11 rings (SSSR count). The van der Waals surface area contributed by atoms with Gasteiger partial charge in [0.05, 0.1) is 43.2 Å². The molecule has 19 heteroatoms. The van der Waals surface area contributed by atoms with Gasteiger partial charge in [-0.3, -0.25) is 0 Å². The van der Waals surface area contributed by atoms with Gasteiger partial charge in [0.15, 0.2) is 0 Å². The standard InChI is InChI=1S/C36H18BN6O9S3/c44-53(45)52-22-4-1-16-10-25-26(13-19(16)7-22)32-38-31(25)39-33-27-11-17-2-5-24(55(49,50)51)9-21(17)15-30(27)36-41-35-28-12-18-3-6-23(54(46,47)48)8-20(18)14-29(28)34(40-32)43(35)37-42(33)36/h1-15H,(H,44,45)(H,46,47,48)(H,49,50,51)/q+2/p-3. The molecule has 0 saturated heterocycles. The van der Waals surface area contributed by atoms with Crippen molar-refractivity contribution in [2.45, 2.75) is 9.79 Å². The Morgan fingerprint density at radius 2 is 0.982 bits per heavy atom. The van der Waals surface area contributed by atoms with Crippen molar-refractivity contribution < 1.29 is 47.9 Å². The molecule has 15 nitrogen and oxygen atoms in total. The molecule has 0 amide bonds. The Kier molecular flexibility index (Phi) is 6.34. The van der Waals surface area contributed by atoms with Gasteiger partial charge in [-0.1, -0.05) is 33.2 Å². The molecule has 0 aromatic heterocycles. The van der Waals surface area contributed by atoms with Crippen LogP contribution < -0.4 is 4.18 Å². The van der Waals surface area contributed by atoms with Gasteiger partial charge in [0.25, 0.3) is 23.3 Å². The van der Waals surface area contributed by atoms with Crippen molar-refractivity contribution in [3.63, 3.8) is 0 Å². The van der Waals surface area contributed by atoms with Crippen LogP contribution in [0.15, 0.2) is 121 Å². The van der Waals surface area contributed by atoms with E-state index in [2.05, 4.69) is 0 Å². The van der Waals surface area contributed by atoms with Crippen LogP contribution in [0, 0.1) is 0 Å². The highest BCUT2D eigenvalue weighted by molar-refractivity contribution is 7.86. The van der Waals surface area contributed by atoms with Crippen molar-refractivity contribution in [1.82, 2.24) is 0 Å². The molecular formula is C36H15BN6O9S3-. The Labute approximate surface area is 313 Å². The van der Waals surface area contributed by atoms with Crippen molar-refractivity contribution in [2.24, 2.45) is 20.0 Å². The summed E-state index contributed by atoms with van der Waals surface area (Å²) in [7, 11) is -7.70. The zero-order valence-corrected chi connectivity index (χ0v) is 29.8. The van der Waals surface area contributed by atoms with E-state index in [-0.39, 0.29) is 21.4 Å². The smallest absolute Gasteiger partial charge is 0.607 e. The maximum atomic E-state index is 12.0. The van der Waals surface area contributed by atoms with Crippen LogP contribution in [0.3, 0.4) is 0 Å². The summed E-state index contributed by atoms with van der Waals surface area (Å²) >= 11 is -2.78. The maximum absolute atomic E-state index is 12.0. The molecule has 1 unspecified atom stereocenters. The van der Waals surface area contributed by atoms with E-state index in [1.54, 1.807) is 52.9 Å². The Morgan fingerprint density at radius 1 is 0.527 bits per heavy atom. The van der Waals surface area contributed by atoms with E-state index in [9.17, 15) is 34.7 Å². The molecule has 0 aliphatic carbocycles. The second-order valence-corrected chi connectivity index (χ2v) is 16.5. The number of hydrogen-bond acceptors (Lipinski definition) is 13. The summed E-state index contributed by atoms with van der Waals surface area (Å²) in [5.41, 5.74) is 3.71. The van der Waals surface area contributed by atoms with E-state index in [1.165, 1.54) is 30.3 Å². The first-order chi connectivity index (χ1) is 26.3. The lowest BCUT2D eigenvalue weighted by Gasteiger charge is -2.10. The summed E-state index contributed by atoms with van der Waals surface area (Å²) in [6.45, 7) is 0. The molecule has 5 aliphatic rings. The zero-order valence-electron chi connectivity index (χ0n) is 27.3. The Morgan fingerprint density at radius 3 is 1.55 bits per heavy atom. The van der Waals surface area contributed by atoms with Crippen LogP contribution in [0.2, 0.25) is 0 Å². The average molecular weight is 783 g/mol. The second kappa shape index (κ2) is 10.8. The molecule has 0 spiro atoms. The molecule has 4 bridgehead atoms. The molecule has 5 aliphatic heterocycles. The van der Waals surface area contributed by atoms with Gasteiger partial charge in [-0.15, -0.1) is 0 Å². The van der Waals surface area contributed by atoms with Crippen molar-refractivity contribution in [3.8, 4) is 5.75 Å². The van der Waals surface area contributed by atoms with Crippen LogP contribution in [0.4, 0.5) is 0 Å². The van der Waals surface area contributed by atoms with E-state index in [4.69, 9.17) is 24.2 Å². The third kappa shape index (κ3) is 4.81. The van der Waals surface area contributed by atoms with Crippen LogP contribution in [0.25, 0.3) is 32.3 Å². The lowest BCUT2D eigenvalue weighted by molar-refractivity contribution is -0.378. The Bertz CT molecular complexity index is 3410. The SMILES string of the molecule is O=S([O-])Oc1ccc2cc3c(cc2c1)C1=NC2=[N+]4[B][N+]5=C(N=C4c4cc6ccc(S(=O)(=O)[O-])cc6cc42)c2cc4cc(S(=O)(=O)[O-])ccc4cc2C5=NC3=N1. The third-order valence-electron chi connectivity index (χ3n) is 10.0. The van der Waals surface area contributed by atoms with Crippen molar-refractivity contribution >= 4 is 106 Å². The fourth-order valence-electron chi connectivity index (χ4n) is 7.58. The largest absolute Gasteiger partial charge is 0.744 e. The summed E-state index contributed by atoms with van der Waals surface area (Å²) in [6.07, 6.45) is 0. The molecule has 0 saturated carbocycles. The highest BCUT2D eigenvalue weighted by Crippen LogP contribution is 2.36. The fourth-order valence-corrected chi connectivity index (χ4v) is 8.85. The highest BCUT2D eigenvalue weighted by atomic mass is 32.2. The number of fused-ring (bicyclic) bond motifs is 13. The van der Waals surface area contributed by atoms with Crippen molar-refractivity contribution in [1.29, 1.82) is 0 Å². The van der Waals surface area contributed by atoms with Crippen LogP contribution in [0.1, 0.15) is 33.4 Å². The molecule has 1 radical (unpaired) electrons. The molecule has 1 atom stereocenters. The normalized spacial score (nSPS) is 17.0. The summed E-state index contributed by atoms with van der Waals surface area (Å²) < 4.78 is 103.